The normalized spacial score (nSPS) is 19.1. The van der Waals surface area contributed by atoms with E-state index in [0.29, 0.717) is 6.04 Å². The summed E-state index contributed by atoms with van der Waals surface area (Å²) in [5.74, 6) is 0.202. The van der Waals surface area contributed by atoms with Gasteiger partial charge in [0.2, 0.25) is 0 Å². The minimum absolute atomic E-state index is 0.202. The summed E-state index contributed by atoms with van der Waals surface area (Å²) in [6, 6.07) is 8.74. The van der Waals surface area contributed by atoms with Crippen LogP contribution in [0.15, 0.2) is 30.5 Å². The predicted molar refractivity (Wildman–Crippen MR) is 111 cm³/mol. The zero-order chi connectivity index (χ0) is 19.5. The van der Waals surface area contributed by atoms with Crippen LogP contribution in [0.4, 0.5) is 0 Å². The minimum Gasteiger partial charge on any atom is -0.345 e. The van der Waals surface area contributed by atoms with Gasteiger partial charge in [-0.1, -0.05) is 25.3 Å². The third-order valence-electron chi connectivity index (χ3n) is 6.43. The van der Waals surface area contributed by atoms with Crippen LogP contribution < -0.4 is 0 Å². The highest BCUT2D eigenvalue weighted by Gasteiger charge is 2.27. The van der Waals surface area contributed by atoms with Gasteiger partial charge >= 0.3 is 0 Å². The zero-order valence-corrected chi connectivity index (χ0v) is 17.2. The van der Waals surface area contributed by atoms with Gasteiger partial charge in [0.1, 0.15) is 0 Å². The van der Waals surface area contributed by atoms with Crippen molar-refractivity contribution >= 4 is 5.91 Å². The monoisotopic (exact) mass is 380 g/mol. The van der Waals surface area contributed by atoms with E-state index < -0.39 is 0 Å². The molecule has 2 aromatic rings. The maximum Gasteiger partial charge on any atom is 0.255 e. The maximum atomic E-state index is 13.2. The average Bonchev–Trinajstić information content (AvgIpc) is 3.03. The number of hydrogen-bond acceptors (Lipinski definition) is 3. The highest BCUT2D eigenvalue weighted by molar-refractivity contribution is 5.95. The lowest BCUT2D eigenvalue weighted by Gasteiger charge is -2.34. The molecule has 0 unspecified atom stereocenters. The summed E-state index contributed by atoms with van der Waals surface area (Å²) in [6.45, 7) is 8.54. The molecule has 1 saturated carbocycles. The fourth-order valence-corrected chi connectivity index (χ4v) is 4.89. The molecule has 5 nitrogen and oxygen atoms in total. The Kier molecular flexibility index (Phi) is 5.81. The van der Waals surface area contributed by atoms with Gasteiger partial charge in [-0.2, -0.15) is 0 Å². The Morgan fingerprint density at radius 1 is 1.07 bits per heavy atom. The highest BCUT2D eigenvalue weighted by atomic mass is 16.2. The van der Waals surface area contributed by atoms with Gasteiger partial charge in [0, 0.05) is 56.4 Å². The molecule has 1 amide bonds. The smallest absolute Gasteiger partial charge is 0.255 e. The zero-order valence-electron chi connectivity index (χ0n) is 17.2. The molecule has 28 heavy (non-hydrogen) atoms. The number of aryl methyl sites for hydroxylation is 1. The first-order valence-corrected chi connectivity index (χ1v) is 10.7. The van der Waals surface area contributed by atoms with Crippen LogP contribution in [-0.2, 0) is 6.54 Å². The van der Waals surface area contributed by atoms with Gasteiger partial charge < -0.3 is 9.47 Å². The third kappa shape index (κ3) is 4.00. The van der Waals surface area contributed by atoms with E-state index in [4.69, 9.17) is 0 Å². The first-order valence-electron chi connectivity index (χ1n) is 10.7. The molecule has 0 N–H and O–H groups in total. The van der Waals surface area contributed by atoms with E-state index in [1.165, 1.54) is 37.8 Å². The molecule has 0 bridgehead atoms. The van der Waals surface area contributed by atoms with E-state index in [2.05, 4.69) is 40.4 Å². The molecule has 150 valence electrons. The second kappa shape index (κ2) is 8.48. The van der Waals surface area contributed by atoms with Crippen LogP contribution >= 0.6 is 0 Å². The Morgan fingerprint density at radius 3 is 2.50 bits per heavy atom. The topological polar surface area (TPSA) is 41.4 Å². The number of rotatable bonds is 4. The van der Waals surface area contributed by atoms with Gasteiger partial charge in [-0.25, -0.2) is 0 Å². The average molecular weight is 381 g/mol. The SMILES string of the molecule is Cc1cc(C(=O)N2CCN(Cc3ccccn3)CC2)c(C)n1C1CCCCC1. The van der Waals surface area contributed by atoms with Gasteiger partial charge in [-0.3, -0.25) is 14.7 Å². The Morgan fingerprint density at radius 2 is 1.82 bits per heavy atom. The minimum atomic E-state index is 0.202. The van der Waals surface area contributed by atoms with Crippen LogP contribution in [0.3, 0.4) is 0 Å². The lowest BCUT2D eigenvalue weighted by Crippen LogP contribution is -2.48. The van der Waals surface area contributed by atoms with E-state index >= 15 is 0 Å². The third-order valence-corrected chi connectivity index (χ3v) is 6.43. The molecule has 0 atom stereocenters. The van der Waals surface area contributed by atoms with Crippen LogP contribution in [0.2, 0.25) is 0 Å². The number of aromatic nitrogens is 2. The van der Waals surface area contributed by atoms with E-state index in [-0.39, 0.29) is 5.91 Å². The number of carbonyl (C=O) groups is 1. The molecular weight excluding hydrogens is 348 g/mol. The predicted octanol–water partition coefficient (Wildman–Crippen LogP) is 3.96. The van der Waals surface area contributed by atoms with Gasteiger partial charge in [0.05, 0.1) is 11.3 Å². The maximum absolute atomic E-state index is 13.2. The van der Waals surface area contributed by atoms with Crippen molar-refractivity contribution in [1.29, 1.82) is 0 Å². The summed E-state index contributed by atoms with van der Waals surface area (Å²) >= 11 is 0. The largest absolute Gasteiger partial charge is 0.345 e. The summed E-state index contributed by atoms with van der Waals surface area (Å²) < 4.78 is 2.43. The first-order chi connectivity index (χ1) is 13.6. The van der Waals surface area contributed by atoms with Crippen molar-refractivity contribution in [3.63, 3.8) is 0 Å². The molecule has 1 aliphatic heterocycles. The number of pyridine rings is 1. The Hall–Kier alpha value is -2.14. The van der Waals surface area contributed by atoms with Crippen LogP contribution in [-0.4, -0.2) is 51.4 Å². The van der Waals surface area contributed by atoms with Gasteiger partial charge in [-0.15, -0.1) is 0 Å². The van der Waals surface area contributed by atoms with E-state index in [0.717, 1.165) is 49.7 Å². The number of piperazine rings is 1. The summed E-state index contributed by atoms with van der Waals surface area (Å²) in [5.41, 5.74) is 4.39. The van der Waals surface area contributed by atoms with E-state index in [9.17, 15) is 4.79 Å². The lowest BCUT2D eigenvalue weighted by atomic mass is 9.95. The molecular formula is C23H32N4O. The lowest BCUT2D eigenvalue weighted by molar-refractivity contribution is 0.0626. The number of carbonyl (C=O) groups excluding carboxylic acids is 1. The van der Waals surface area contributed by atoms with Gasteiger partial charge in [0.15, 0.2) is 0 Å². The molecule has 0 spiro atoms. The molecule has 3 heterocycles. The first kappa shape index (κ1) is 19.2. The second-order valence-corrected chi connectivity index (χ2v) is 8.34. The summed E-state index contributed by atoms with van der Waals surface area (Å²) in [5, 5.41) is 0. The van der Waals surface area contributed by atoms with E-state index in [1.807, 2.05) is 23.2 Å². The number of hydrogen-bond donors (Lipinski definition) is 0. The van der Waals surface area contributed by atoms with Crippen molar-refractivity contribution in [1.82, 2.24) is 19.4 Å². The van der Waals surface area contributed by atoms with Crippen LogP contribution in [0.1, 0.15) is 65.6 Å². The summed E-state index contributed by atoms with van der Waals surface area (Å²) in [6.07, 6.45) is 8.31. The Bertz CT molecular complexity index is 800. The van der Waals surface area contributed by atoms with Gasteiger partial charge in [-0.05, 0) is 44.9 Å². The van der Waals surface area contributed by atoms with Crippen molar-refractivity contribution in [2.45, 2.75) is 58.5 Å². The van der Waals surface area contributed by atoms with E-state index in [1.54, 1.807) is 0 Å². The quantitative estimate of drug-likeness (QED) is 0.806. The molecule has 2 aromatic heterocycles. The molecule has 1 aliphatic carbocycles. The highest BCUT2D eigenvalue weighted by Crippen LogP contribution is 2.32. The standard InChI is InChI=1S/C23H32N4O/c1-18-16-22(19(2)27(18)21-9-4-3-5-10-21)23(28)26-14-12-25(13-15-26)17-20-8-6-7-11-24-20/h6-8,11,16,21H,3-5,9-10,12-15,17H2,1-2H3. The van der Waals surface area contributed by atoms with Crippen molar-refractivity contribution < 1.29 is 4.79 Å². The second-order valence-electron chi connectivity index (χ2n) is 8.34. The molecule has 2 aliphatic rings. The van der Waals surface area contributed by atoms with Crippen molar-refractivity contribution in [3.05, 3.63) is 53.1 Å². The van der Waals surface area contributed by atoms with Crippen molar-refractivity contribution in [2.75, 3.05) is 26.2 Å². The number of nitrogens with zero attached hydrogens (tertiary/aromatic N) is 4. The molecule has 2 fully saturated rings. The van der Waals surface area contributed by atoms with Crippen LogP contribution in [0.5, 0.6) is 0 Å². The number of amides is 1. The Balaban J connectivity index is 1.40. The fraction of sp³-hybridized carbons (Fsp3) is 0.565. The van der Waals surface area contributed by atoms with Crippen LogP contribution in [0, 0.1) is 13.8 Å². The fourth-order valence-electron chi connectivity index (χ4n) is 4.89. The van der Waals surface area contributed by atoms with Gasteiger partial charge in [0.25, 0.3) is 5.91 Å². The molecule has 4 rings (SSSR count). The molecule has 1 saturated heterocycles. The van der Waals surface area contributed by atoms with Crippen molar-refractivity contribution in [2.24, 2.45) is 0 Å². The summed E-state index contributed by atoms with van der Waals surface area (Å²) in [7, 11) is 0. The van der Waals surface area contributed by atoms with Crippen molar-refractivity contribution in [3.8, 4) is 0 Å². The molecule has 5 heteroatoms. The Labute approximate surface area is 168 Å². The molecule has 0 radical (unpaired) electrons. The molecule has 0 aromatic carbocycles. The van der Waals surface area contributed by atoms with Crippen LogP contribution in [0.25, 0.3) is 0 Å². The summed E-state index contributed by atoms with van der Waals surface area (Å²) in [4.78, 5) is 22.0.